The molecule has 0 saturated carbocycles. The zero-order chi connectivity index (χ0) is 17.4. The number of rotatable bonds is 9. The van der Waals surface area contributed by atoms with Crippen molar-refractivity contribution in [2.45, 2.75) is 79.1 Å². The highest BCUT2D eigenvalue weighted by Crippen LogP contribution is 2.19. The lowest BCUT2D eigenvalue weighted by Crippen LogP contribution is -1.95. The molecule has 0 atom stereocenters. The van der Waals surface area contributed by atoms with Gasteiger partial charge in [0.2, 0.25) is 0 Å². The predicted octanol–water partition coefficient (Wildman–Crippen LogP) is 7.05. The maximum absolute atomic E-state index is 2.25. The quantitative estimate of drug-likeness (QED) is 0.434. The molecule has 2 rings (SSSR count). The molecule has 2 aromatic rings. The van der Waals surface area contributed by atoms with E-state index in [1.165, 1.54) is 73.6 Å². The van der Waals surface area contributed by atoms with E-state index < -0.39 is 0 Å². The molecular weight excluding hydrogens is 288 g/mol. The first-order chi connectivity index (χ1) is 11.6. The van der Waals surface area contributed by atoms with Crippen molar-refractivity contribution in [3.8, 4) is 0 Å². The summed E-state index contributed by atoms with van der Waals surface area (Å²) in [5.74, 6) is 0. The molecule has 0 unspecified atom stereocenters. The maximum atomic E-state index is 2.25. The maximum Gasteiger partial charge on any atom is -0.0274 e. The Bertz CT molecular complexity index is 538. The van der Waals surface area contributed by atoms with Crippen LogP contribution in [0.25, 0.3) is 0 Å². The summed E-state index contributed by atoms with van der Waals surface area (Å²) in [5, 5.41) is 0. The molecule has 0 aromatic heterocycles. The topological polar surface area (TPSA) is 0 Å². The summed E-state index contributed by atoms with van der Waals surface area (Å²) in [6, 6.07) is 13.3. The standard InChI is InChI=1S/C24H34/c1-19-13-11-14-20(2)23(19)17-9-7-5-6-8-10-18-24-21(3)15-12-16-22(24)4/h11-16H,5-10,17-18H2,1-4H3. The zero-order valence-electron chi connectivity index (χ0n) is 16.1. The van der Waals surface area contributed by atoms with Gasteiger partial charge in [-0.1, -0.05) is 62.1 Å². The van der Waals surface area contributed by atoms with Crippen molar-refractivity contribution in [2.75, 3.05) is 0 Å². The largest absolute Gasteiger partial charge is 0.0617 e. The lowest BCUT2D eigenvalue weighted by Gasteiger charge is -2.10. The van der Waals surface area contributed by atoms with Gasteiger partial charge in [-0.15, -0.1) is 0 Å². The third-order valence-corrected chi connectivity index (χ3v) is 5.39. The van der Waals surface area contributed by atoms with E-state index in [1.54, 1.807) is 11.1 Å². The Balaban J connectivity index is 1.59. The van der Waals surface area contributed by atoms with Gasteiger partial charge in [0, 0.05) is 0 Å². The summed E-state index contributed by atoms with van der Waals surface area (Å²) in [7, 11) is 0. The molecule has 0 nitrogen and oxygen atoms in total. The highest BCUT2D eigenvalue weighted by Gasteiger charge is 2.03. The van der Waals surface area contributed by atoms with Gasteiger partial charge < -0.3 is 0 Å². The third kappa shape index (κ3) is 5.51. The van der Waals surface area contributed by atoms with Crippen molar-refractivity contribution in [1.82, 2.24) is 0 Å². The minimum absolute atomic E-state index is 1.25. The van der Waals surface area contributed by atoms with E-state index in [1.807, 2.05) is 0 Å². The van der Waals surface area contributed by atoms with Gasteiger partial charge in [-0.25, -0.2) is 0 Å². The van der Waals surface area contributed by atoms with Crippen LogP contribution in [0, 0.1) is 27.7 Å². The van der Waals surface area contributed by atoms with Gasteiger partial charge in [0.1, 0.15) is 0 Å². The average Bonchev–Trinajstić information content (AvgIpc) is 2.54. The van der Waals surface area contributed by atoms with Crippen LogP contribution in [0.4, 0.5) is 0 Å². The minimum Gasteiger partial charge on any atom is -0.0617 e. The van der Waals surface area contributed by atoms with Crippen molar-refractivity contribution in [3.05, 3.63) is 69.8 Å². The van der Waals surface area contributed by atoms with E-state index in [9.17, 15) is 0 Å². The second-order valence-corrected chi connectivity index (χ2v) is 7.36. The highest BCUT2D eigenvalue weighted by atomic mass is 14.1. The Hall–Kier alpha value is -1.56. The first-order valence-electron chi connectivity index (χ1n) is 9.70. The van der Waals surface area contributed by atoms with Crippen molar-refractivity contribution >= 4 is 0 Å². The van der Waals surface area contributed by atoms with Crippen LogP contribution in [0.15, 0.2) is 36.4 Å². The summed E-state index contributed by atoms with van der Waals surface area (Å²) in [4.78, 5) is 0. The number of hydrogen-bond donors (Lipinski definition) is 0. The van der Waals surface area contributed by atoms with Crippen LogP contribution >= 0.6 is 0 Å². The highest BCUT2D eigenvalue weighted by molar-refractivity contribution is 5.34. The van der Waals surface area contributed by atoms with Crippen molar-refractivity contribution in [3.63, 3.8) is 0 Å². The van der Waals surface area contributed by atoms with Crippen LogP contribution in [0.3, 0.4) is 0 Å². The van der Waals surface area contributed by atoms with E-state index in [4.69, 9.17) is 0 Å². The first-order valence-corrected chi connectivity index (χ1v) is 9.70. The van der Waals surface area contributed by atoms with Crippen molar-refractivity contribution in [1.29, 1.82) is 0 Å². The number of unbranched alkanes of at least 4 members (excludes halogenated alkanes) is 5. The molecule has 24 heavy (non-hydrogen) atoms. The molecule has 0 saturated heterocycles. The molecule has 0 heterocycles. The van der Waals surface area contributed by atoms with E-state index in [0.717, 1.165) is 0 Å². The fourth-order valence-electron chi connectivity index (χ4n) is 3.80. The smallest absolute Gasteiger partial charge is 0.0274 e. The molecule has 0 bridgehead atoms. The van der Waals surface area contributed by atoms with E-state index >= 15 is 0 Å². The number of hydrogen-bond acceptors (Lipinski definition) is 0. The van der Waals surface area contributed by atoms with Gasteiger partial charge in [-0.05, 0) is 86.8 Å². The Morgan fingerprint density at radius 3 is 1.08 bits per heavy atom. The van der Waals surface area contributed by atoms with Gasteiger partial charge in [0.25, 0.3) is 0 Å². The lowest BCUT2D eigenvalue weighted by molar-refractivity contribution is 0.592. The Morgan fingerprint density at radius 1 is 0.458 bits per heavy atom. The van der Waals surface area contributed by atoms with Crippen molar-refractivity contribution < 1.29 is 0 Å². The summed E-state index contributed by atoms with van der Waals surface area (Å²) in [6.07, 6.45) is 10.7. The molecule has 0 heteroatoms. The Labute approximate surface area is 149 Å². The van der Waals surface area contributed by atoms with E-state index in [2.05, 4.69) is 64.1 Å². The summed E-state index contributed by atoms with van der Waals surface area (Å²) in [6.45, 7) is 8.98. The molecule has 0 aliphatic rings. The SMILES string of the molecule is Cc1cccc(C)c1CCCCCCCCc1c(C)cccc1C. The second kappa shape index (κ2) is 9.67. The first kappa shape index (κ1) is 18.8. The number of aryl methyl sites for hydroxylation is 4. The molecule has 130 valence electrons. The molecule has 0 radical (unpaired) electrons. The zero-order valence-corrected chi connectivity index (χ0v) is 16.1. The molecular formula is C24H34. The fourth-order valence-corrected chi connectivity index (χ4v) is 3.80. The van der Waals surface area contributed by atoms with Gasteiger partial charge in [-0.2, -0.15) is 0 Å². The second-order valence-electron chi connectivity index (χ2n) is 7.36. The monoisotopic (exact) mass is 322 g/mol. The van der Waals surface area contributed by atoms with Gasteiger partial charge in [0.15, 0.2) is 0 Å². The third-order valence-electron chi connectivity index (χ3n) is 5.39. The Kier molecular flexibility index (Phi) is 7.56. The minimum atomic E-state index is 1.25. The van der Waals surface area contributed by atoms with E-state index in [0.29, 0.717) is 0 Å². The molecule has 0 N–H and O–H groups in total. The molecule has 2 aromatic carbocycles. The van der Waals surface area contributed by atoms with Crippen LogP contribution in [-0.2, 0) is 12.8 Å². The van der Waals surface area contributed by atoms with Crippen LogP contribution in [0.2, 0.25) is 0 Å². The number of benzene rings is 2. The molecule has 0 aliphatic carbocycles. The van der Waals surface area contributed by atoms with Crippen LogP contribution < -0.4 is 0 Å². The van der Waals surface area contributed by atoms with Crippen LogP contribution in [0.1, 0.15) is 71.9 Å². The average molecular weight is 323 g/mol. The summed E-state index contributed by atoms with van der Waals surface area (Å²) in [5.41, 5.74) is 9.00. The normalized spacial score (nSPS) is 11.0. The predicted molar refractivity (Wildman–Crippen MR) is 107 cm³/mol. The fraction of sp³-hybridized carbons (Fsp3) is 0.500. The Morgan fingerprint density at radius 2 is 0.750 bits per heavy atom. The lowest BCUT2D eigenvalue weighted by atomic mass is 9.96. The van der Waals surface area contributed by atoms with Crippen molar-refractivity contribution in [2.24, 2.45) is 0 Å². The van der Waals surface area contributed by atoms with Gasteiger partial charge in [-0.3, -0.25) is 0 Å². The van der Waals surface area contributed by atoms with Gasteiger partial charge >= 0.3 is 0 Å². The molecule has 0 aliphatic heterocycles. The van der Waals surface area contributed by atoms with Crippen LogP contribution in [0.5, 0.6) is 0 Å². The van der Waals surface area contributed by atoms with Crippen LogP contribution in [-0.4, -0.2) is 0 Å². The summed E-state index contributed by atoms with van der Waals surface area (Å²) < 4.78 is 0. The van der Waals surface area contributed by atoms with E-state index in [-0.39, 0.29) is 0 Å². The summed E-state index contributed by atoms with van der Waals surface area (Å²) >= 11 is 0. The van der Waals surface area contributed by atoms with Gasteiger partial charge in [0.05, 0.1) is 0 Å². The molecule has 0 amide bonds. The molecule has 0 fully saturated rings. The molecule has 0 spiro atoms.